The van der Waals surface area contributed by atoms with Crippen LogP contribution in [-0.2, 0) is 21.9 Å². The van der Waals surface area contributed by atoms with Crippen LogP contribution in [0.3, 0.4) is 0 Å². The number of allylic oxidation sites excluding steroid dienone is 1. The van der Waals surface area contributed by atoms with E-state index in [1.54, 1.807) is 16.8 Å². The third kappa shape index (κ3) is 6.21. The van der Waals surface area contributed by atoms with Crippen molar-refractivity contribution in [2.45, 2.75) is 68.7 Å². The van der Waals surface area contributed by atoms with Crippen molar-refractivity contribution in [3.63, 3.8) is 0 Å². The predicted octanol–water partition coefficient (Wildman–Crippen LogP) is 7.45. The maximum absolute atomic E-state index is 14.3. The molecule has 42 heavy (non-hydrogen) atoms. The molecule has 1 saturated carbocycles. The number of benzene rings is 3. The van der Waals surface area contributed by atoms with Crippen LogP contribution < -0.4 is 10.1 Å². The number of nitrogens with one attached hydrogen (secondary N) is 1. The first-order valence-electron chi connectivity index (χ1n) is 14.3. The fourth-order valence-electron chi connectivity index (χ4n) is 5.47. The molecule has 0 amide bonds. The zero-order chi connectivity index (χ0) is 28.9. The molecule has 0 bridgehead atoms. The van der Waals surface area contributed by atoms with E-state index in [9.17, 15) is 9.18 Å². The largest absolute Gasteiger partial charge is 0.489 e. The first kappa shape index (κ1) is 28.0. The summed E-state index contributed by atoms with van der Waals surface area (Å²) in [6.07, 6.45) is 4.94. The van der Waals surface area contributed by atoms with Crippen LogP contribution >= 0.6 is 11.8 Å². The van der Waals surface area contributed by atoms with E-state index in [2.05, 4.69) is 5.32 Å². The number of thioether (sulfide) groups is 1. The number of hydrogen-bond acceptors (Lipinski definition) is 7. The Labute approximate surface area is 249 Å². The summed E-state index contributed by atoms with van der Waals surface area (Å²) in [6, 6.07) is 23.7. The molecule has 3 aromatic carbocycles. The summed E-state index contributed by atoms with van der Waals surface area (Å²) in [4.78, 5) is 18.6. The van der Waals surface area contributed by atoms with Crippen molar-refractivity contribution in [1.82, 2.24) is 14.8 Å². The lowest BCUT2D eigenvalue weighted by atomic mass is 9.94. The zero-order valence-corrected chi connectivity index (χ0v) is 24.3. The van der Waals surface area contributed by atoms with Gasteiger partial charge in [0.25, 0.3) is 0 Å². The summed E-state index contributed by atoms with van der Waals surface area (Å²) in [5.41, 5.74) is 3.52. The number of para-hydroxylation sites is 1. The molecule has 2 heterocycles. The Bertz CT molecular complexity index is 1580. The lowest BCUT2D eigenvalue weighted by Crippen LogP contribution is -2.32. The van der Waals surface area contributed by atoms with Gasteiger partial charge in [0.2, 0.25) is 11.1 Å². The summed E-state index contributed by atoms with van der Waals surface area (Å²) in [6.45, 7) is 2.24. The molecule has 1 aromatic heterocycles. The molecule has 4 aromatic rings. The SMILES string of the molecule is CC1=C(C(=O)OC2CCCCC2)C(c2ccccc2OCc2ccccc2)n2nc(SCc3ccccc3F)nc2N1. The van der Waals surface area contributed by atoms with Gasteiger partial charge in [-0.25, -0.2) is 13.9 Å². The maximum atomic E-state index is 14.3. The van der Waals surface area contributed by atoms with Crippen LogP contribution in [0.4, 0.5) is 10.3 Å². The van der Waals surface area contributed by atoms with Crippen molar-refractivity contribution >= 4 is 23.7 Å². The molecule has 2 aliphatic rings. The molecule has 7 nitrogen and oxygen atoms in total. The van der Waals surface area contributed by atoms with Gasteiger partial charge < -0.3 is 14.8 Å². The highest BCUT2D eigenvalue weighted by Crippen LogP contribution is 2.41. The number of carbonyl (C=O) groups excluding carboxylic acids is 1. The lowest BCUT2D eigenvalue weighted by molar-refractivity contribution is -0.146. The van der Waals surface area contributed by atoms with E-state index < -0.39 is 6.04 Å². The van der Waals surface area contributed by atoms with Gasteiger partial charge in [0.1, 0.15) is 30.3 Å². The van der Waals surface area contributed by atoms with Crippen molar-refractivity contribution in [3.05, 3.63) is 113 Å². The molecule has 0 radical (unpaired) electrons. The second kappa shape index (κ2) is 12.8. The number of anilines is 1. The van der Waals surface area contributed by atoms with Gasteiger partial charge in [0, 0.05) is 17.0 Å². The van der Waals surface area contributed by atoms with Crippen LogP contribution in [0.2, 0.25) is 0 Å². The van der Waals surface area contributed by atoms with Gasteiger partial charge in [0.15, 0.2) is 0 Å². The number of rotatable bonds is 9. The number of esters is 1. The van der Waals surface area contributed by atoms with E-state index >= 15 is 0 Å². The molecule has 0 spiro atoms. The zero-order valence-electron chi connectivity index (χ0n) is 23.5. The van der Waals surface area contributed by atoms with Gasteiger partial charge in [0.05, 0.1) is 5.57 Å². The number of hydrogen-bond donors (Lipinski definition) is 1. The highest BCUT2D eigenvalue weighted by atomic mass is 32.2. The van der Waals surface area contributed by atoms with Gasteiger partial charge >= 0.3 is 5.97 Å². The number of carbonyl (C=O) groups is 1. The van der Waals surface area contributed by atoms with Crippen molar-refractivity contribution in [2.24, 2.45) is 0 Å². The Hall–Kier alpha value is -4.11. The molecule has 1 aliphatic carbocycles. The predicted molar refractivity (Wildman–Crippen MR) is 161 cm³/mol. The lowest BCUT2D eigenvalue weighted by Gasteiger charge is -2.30. The molecule has 9 heteroatoms. The van der Waals surface area contributed by atoms with Crippen molar-refractivity contribution in [2.75, 3.05) is 5.32 Å². The summed E-state index contributed by atoms with van der Waals surface area (Å²) in [5.74, 6) is 0.892. The molecule has 0 saturated heterocycles. The van der Waals surface area contributed by atoms with E-state index in [0.717, 1.165) is 36.8 Å². The Balaban J connectivity index is 1.34. The van der Waals surface area contributed by atoms with Crippen molar-refractivity contribution < 1.29 is 18.7 Å². The van der Waals surface area contributed by atoms with Crippen LogP contribution in [0, 0.1) is 5.82 Å². The second-order valence-corrected chi connectivity index (χ2v) is 11.5. The van der Waals surface area contributed by atoms with Crippen LogP contribution in [-0.4, -0.2) is 26.8 Å². The Morgan fingerprint density at radius 1 is 1.00 bits per heavy atom. The smallest absolute Gasteiger partial charge is 0.338 e. The van der Waals surface area contributed by atoms with Gasteiger partial charge in [-0.1, -0.05) is 84.9 Å². The number of nitrogens with zero attached hydrogens (tertiary/aromatic N) is 3. The van der Waals surface area contributed by atoms with Crippen LogP contribution in [0.25, 0.3) is 0 Å². The van der Waals surface area contributed by atoms with Crippen molar-refractivity contribution in [3.8, 4) is 5.75 Å². The first-order valence-corrected chi connectivity index (χ1v) is 15.3. The van der Waals surface area contributed by atoms with E-state index in [1.807, 2.05) is 67.6 Å². The summed E-state index contributed by atoms with van der Waals surface area (Å²) in [7, 11) is 0. The number of aromatic nitrogens is 3. The van der Waals surface area contributed by atoms with Crippen molar-refractivity contribution in [1.29, 1.82) is 0 Å². The molecule has 1 aliphatic heterocycles. The molecule has 6 rings (SSSR count). The Morgan fingerprint density at radius 3 is 2.55 bits per heavy atom. The molecule has 1 unspecified atom stereocenters. The van der Waals surface area contributed by atoms with Crippen LogP contribution in [0.5, 0.6) is 5.75 Å². The quantitative estimate of drug-likeness (QED) is 0.162. The number of halogens is 1. The third-order valence-corrected chi connectivity index (χ3v) is 8.53. The minimum Gasteiger partial charge on any atom is -0.489 e. The van der Waals surface area contributed by atoms with E-state index in [4.69, 9.17) is 19.6 Å². The average molecular weight is 585 g/mol. The number of fused-ring (bicyclic) bond motifs is 1. The minimum absolute atomic E-state index is 0.0965. The summed E-state index contributed by atoms with van der Waals surface area (Å²) >= 11 is 1.34. The molecular weight excluding hydrogens is 551 g/mol. The fraction of sp³-hybridized carbons (Fsp3) is 0.303. The maximum Gasteiger partial charge on any atom is 0.338 e. The second-order valence-electron chi connectivity index (χ2n) is 10.6. The highest BCUT2D eigenvalue weighted by Gasteiger charge is 2.37. The summed E-state index contributed by atoms with van der Waals surface area (Å²) in [5, 5.41) is 8.56. The van der Waals surface area contributed by atoms with Gasteiger partial charge in [-0.15, -0.1) is 5.10 Å². The fourth-order valence-corrected chi connectivity index (χ4v) is 6.29. The van der Waals surface area contributed by atoms with E-state index in [0.29, 0.717) is 46.0 Å². The highest BCUT2D eigenvalue weighted by molar-refractivity contribution is 7.98. The Morgan fingerprint density at radius 2 is 1.74 bits per heavy atom. The van der Waals surface area contributed by atoms with Gasteiger partial charge in [-0.2, -0.15) is 4.98 Å². The van der Waals surface area contributed by atoms with Crippen LogP contribution in [0.1, 0.15) is 61.8 Å². The number of ether oxygens (including phenoxy) is 2. The molecule has 216 valence electrons. The molecule has 1 fully saturated rings. The average Bonchev–Trinajstić information content (AvgIpc) is 3.42. The standard InChI is InChI=1S/C33H33FN4O3S/c1-22-29(31(39)41-25-15-6-3-7-16-25)30(26-17-9-11-19-28(26)40-20-23-12-4-2-5-13-23)38-32(35-22)36-33(37-38)42-21-24-14-8-10-18-27(24)34/h2,4-5,8-14,17-19,25,30H,3,6-7,15-16,20-21H2,1H3,(H,35,36,37). The van der Waals surface area contributed by atoms with E-state index in [-0.39, 0.29) is 17.9 Å². The van der Waals surface area contributed by atoms with Gasteiger partial charge in [-0.3, -0.25) is 0 Å². The molecule has 1 N–H and O–H groups in total. The Kier molecular flexibility index (Phi) is 8.55. The molecule has 1 atom stereocenters. The van der Waals surface area contributed by atoms with Gasteiger partial charge in [-0.05, 0) is 55.9 Å². The third-order valence-electron chi connectivity index (χ3n) is 7.64. The molecular formula is C33H33FN4O3S. The van der Waals surface area contributed by atoms with Crippen LogP contribution in [0.15, 0.2) is 95.3 Å². The normalized spacial score (nSPS) is 17.0. The summed E-state index contributed by atoms with van der Waals surface area (Å²) < 4.78 is 28.4. The topological polar surface area (TPSA) is 78.3 Å². The first-order chi connectivity index (χ1) is 20.6. The monoisotopic (exact) mass is 584 g/mol. The minimum atomic E-state index is -0.625. The van der Waals surface area contributed by atoms with E-state index in [1.165, 1.54) is 24.2 Å².